The number of hydrogen-bond donors (Lipinski definition) is 1. The highest BCUT2D eigenvalue weighted by molar-refractivity contribution is 5.32. The Labute approximate surface area is 114 Å². The van der Waals surface area contributed by atoms with Gasteiger partial charge < -0.3 is 10.1 Å². The minimum Gasteiger partial charge on any atom is -0.383 e. The van der Waals surface area contributed by atoms with Gasteiger partial charge in [0.25, 0.3) is 0 Å². The average Bonchev–Trinajstić information content (AvgIpc) is 2.91. The van der Waals surface area contributed by atoms with Crippen LogP contribution in [0.5, 0.6) is 0 Å². The van der Waals surface area contributed by atoms with E-state index < -0.39 is 11.6 Å². The van der Waals surface area contributed by atoms with Gasteiger partial charge >= 0.3 is 0 Å². The summed E-state index contributed by atoms with van der Waals surface area (Å²) in [5.41, 5.74) is 0.365. The van der Waals surface area contributed by atoms with Crippen LogP contribution in [-0.2, 0) is 4.74 Å². The van der Waals surface area contributed by atoms with Gasteiger partial charge in [-0.25, -0.2) is 8.78 Å². The summed E-state index contributed by atoms with van der Waals surface area (Å²) in [6, 6.07) is 3.35. The van der Waals surface area contributed by atoms with Crippen molar-refractivity contribution in [3.8, 4) is 5.69 Å². The lowest BCUT2D eigenvalue weighted by Crippen LogP contribution is -2.25. The van der Waals surface area contributed by atoms with Crippen LogP contribution in [0.15, 0.2) is 18.2 Å². The Bertz CT molecular complexity index is 575. The molecule has 1 atom stereocenters. The number of halogens is 2. The quantitative estimate of drug-likeness (QED) is 0.808. The number of nitrogens with one attached hydrogen (secondary N) is 1. The van der Waals surface area contributed by atoms with E-state index in [-0.39, 0.29) is 6.04 Å². The third kappa shape index (κ3) is 3.14. The van der Waals surface area contributed by atoms with Gasteiger partial charge in [-0.3, -0.25) is 0 Å². The Morgan fingerprint density at radius 3 is 2.85 bits per heavy atom. The standard InChI is InChI=1S/C12H15F2N5O/c1-8(15-5-6-20-2)12-16-17-18-19(12)9-3-4-10(13)11(14)7-9/h3-4,7-8,15H,5-6H2,1-2H3. The summed E-state index contributed by atoms with van der Waals surface area (Å²) < 4.78 is 32.5. The van der Waals surface area contributed by atoms with Gasteiger partial charge in [0.1, 0.15) is 0 Å². The lowest BCUT2D eigenvalue weighted by Gasteiger charge is -2.13. The topological polar surface area (TPSA) is 64.9 Å². The molecule has 2 rings (SSSR count). The van der Waals surface area contributed by atoms with Crippen LogP contribution in [-0.4, -0.2) is 40.5 Å². The van der Waals surface area contributed by atoms with Crippen molar-refractivity contribution in [1.29, 1.82) is 0 Å². The van der Waals surface area contributed by atoms with E-state index in [2.05, 4.69) is 20.8 Å². The largest absolute Gasteiger partial charge is 0.383 e. The van der Waals surface area contributed by atoms with Crippen molar-refractivity contribution >= 4 is 0 Å². The summed E-state index contributed by atoms with van der Waals surface area (Å²) >= 11 is 0. The first-order chi connectivity index (χ1) is 9.63. The number of nitrogens with zero attached hydrogens (tertiary/aromatic N) is 4. The Morgan fingerprint density at radius 2 is 2.15 bits per heavy atom. The van der Waals surface area contributed by atoms with E-state index in [1.165, 1.54) is 10.7 Å². The van der Waals surface area contributed by atoms with E-state index in [1.807, 2.05) is 6.92 Å². The number of benzene rings is 1. The average molecular weight is 283 g/mol. The molecule has 1 heterocycles. The number of tetrazole rings is 1. The minimum atomic E-state index is -0.941. The zero-order valence-electron chi connectivity index (χ0n) is 11.2. The molecule has 0 fully saturated rings. The Hall–Kier alpha value is -1.93. The smallest absolute Gasteiger partial charge is 0.173 e. The molecule has 8 heteroatoms. The molecule has 0 saturated carbocycles. The van der Waals surface area contributed by atoms with Crippen LogP contribution in [0, 0.1) is 11.6 Å². The van der Waals surface area contributed by atoms with Crippen LogP contribution >= 0.6 is 0 Å². The van der Waals surface area contributed by atoms with Crippen molar-refractivity contribution in [1.82, 2.24) is 25.5 Å². The lowest BCUT2D eigenvalue weighted by atomic mass is 10.2. The van der Waals surface area contributed by atoms with E-state index in [9.17, 15) is 8.78 Å². The van der Waals surface area contributed by atoms with Gasteiger partial charge in [0.05, 0.1) is 18.3 Å². The summed E-state index contributed by atoms with van der Waals surface area (Å²) in [6.07, 6.45) is 0. The molecule has 0 aliphatic carbocycles. The van der Waals surface area contributed by atoms with Crippen molar-refractivity contribution in [2.24, 2.45) is 0 Å². The highest BCUT2D eigenvalue weighted by Crippen LogP contribution is 2.16. The second kappa shape index (κ2) is 6.49. The zero-order chi connectivity index (χ0) is 14.5. The fourth-order valence-corrected chi connectivity index (χ4v) is 1.73. The highest BCUT2D eigenvalue weighted by atomic mass is 19.2. The van der Waals surface area contributed by atoms with Crippen molar-refractivity contribution in [2.45, 2.75) is 13.0 Å². The second-order valence-electron chi connectivity index (χ2n) is 4.22. The maximum atomic E-state index is 13.3. The van der Waals surface area contributed by atoms with Crippen LogP contribution in [0.25, 0.3) is 5.69 Å². The van der Waals surface area contributed by atoms with Crippen LogP contribution < -0.4 is 5.32 Å². The third-order valence-corrected chi connectivity index (χ3v) is 2.79. The highest BCUT2D eigenvalue weighted by Gasteiger charge is 2.16. The predicted molar refractivity (Wildman–Crippen MR) is 67.4 cm³/mol. The van der Waals surface area contributed by atoms with Gasteiger partial charge in [0.15, 0.2) is 17.5 Å². The molecule has 1 unspecified atom stereocenters. The Balaban J connectivity index is 2.21. The van der Waals surface area contributed by atoms with Gasteiger partial charge in [-0.2, -0.15) is 4.68 Å². The van der Waals surface area contributed by atoms with E-state index in [0.29, 0.717) is 24.7 Å². The summed E-state index contributed by atoms with van der Waals surface area (Å²) in [5, 5.41) is 14.4. The summed E-state index contributed by atoms with van der Waals surface area (Å²) in [7, 11) is 1.61. The number of aromatic nitrogens is 4. The molecule has 1 aromatic heterocycles. The van der Waals surface area contributed by atoms with Crippen molar-refractivity contribution < 1.29 is 13.5 Å². The molecule has 0 spiro atoms. The van der Waals surface area contributed by atoms with Crippen molar-refractivity contribution in [2.75, 3.05) is 20.3 Å². The first-order valence-electron chi connectivity index (χ1n) is 6.09. The first-order valence-corrected chi connectivity index (χ1v) is 6.09. The molecule has 1 aromatic carbocycles. The van der Waals surface area contributed by atoms with Gasteiger partial charge in [-0.15, -0.1) is 5.10 Å². The molecular formula is C12H15F2N5O. The minimum absolute atomic E-state index is 0.159. The fraction of sp³-hybridized carbons (Fsp3) is 0.417. The summed E-state index contributed by atoms with van der Waals surface area (Å²) in [5.74, 6) is -1.34. The second-order valence-corrected chi connectivity index (χ2v) is 4.22. The zero-order valence-corrected chi connectivity index (χ0v) is 11.2. The van der Waals surface area contributed by atoms with E-state index in [4.69, 9.17) is 4.74 Å². The third-order valence-electron chi connectivity index (χ3n) is 2.79. The molecule has 20 heavy (non-hydrogen) atoms. The number of ether oxygens (including phenoxy) is 1. The van der Waals surface area contributed by atoms with Gasteiger partial charge in [0.2, 0.25) is 0 Å². The molecule has 0 aliphatic heterocycles. The molecule has 1 N–H and O–H groups in total. The molecule has 108 valence electrons. The summed E-state index contributed by atoms with van der Waals surface area (Å²) in [6.45, 7) is 3.05. The maximum Gasteiger partial charge on any atom is 0.173 e. The summed E-state index contributed by atoms with van der Waals surface area (Å²) in [4.78, 5) is 0. The van der Waals surface area contributed by atoms with Gasteiger partial charge in [-0.05, 0) is 29.5 Å². The number of rotatable bonds is 6. The molecule has 6 nitrogen and oxygen atoms in total. The van der Waals surface area contributed by atoms with Crippen LogP contribution in [0.1, 0.15) is 18.8 Å². The fourth-order valence-electron chi connectivity index (χ4n) is 1.73. The van der Waals surface area contributed by atoms with E-state index >= 15 is 0 Å². The van der Waals surface area contributed by atoms with Crippen LogP contribution in [0.4, 0.5) is 8.78 Å². The molecule has 0 aliphatic rings. The molecule has 0 amide bonds. The van der Waals surface area contributed by atoms with E-state index in [0.717, 1.165) is 12.1 Å². The van der Waals surface area contributed by atoms with Gasteiger partial charge in [-0.1, -0.05) is 0 Å². The first kappa shape index (κ1) is 14.5. The Kier molecular flexibility index (Phi) is 4.70. The van der Waals surface area contributed by atoms with Gasteiger partial charge in [0, 0.05) is 19.7 Å². The Morgan fingerprint density at radius 1 is 1.35 bits per heavy atom. The molecule has 2 aromatic rings. The van der Waals surface area contributed by atoms with E-state index in [1.54, 1.807) is 7.11 Å². The van der Waals surface area contributed by atoms with Crippen molar-refractivity contribution in [3.05, 3.63) is 35.7 Å². The van der Waals surface area contributed by atoms with Crippen LogP contribution in [0.3, 0.4) is 0 Å². The number of hydrogen-bond acceptors (Lipinski definition) is 5. The molecule has 0 saturated heterocycles. The monoisotopic (exact) mass is 283 g/mol. The predicted octanol–water partition coefficient (Wildman–Crippen LogP) is 1.24. The number of methoxy groups -OCH3 is 1. The van der Waals surface area contributed by atoms with Crippen molar-refractivity contribution in [3.63, 3.8) is 0 Å². The maximum absolute atomic E-state index is 13.3. The molecule has 0 radical (unpaired) electrons. The SMILES string of the molecule is COCCNC(C)c1nnnn1-c1ccc(F)c(F)c1. The molecule has 0 bridgehead atoms. The lowest BCUT2D eigenvalue weighted by molar-refractivity contribution is 0.196. The normalized spacial score (nSPS) is 12.6. The molecular weight excluding hydrogens is 268 g/mol. The van der Waals surface area contributed by atoms with Crippen LogP contribution in [0.2, 0.25) is 0 Å².